The van der Waals surface area contributed by atoms with Crippen molar-refractivity contribution in [1.29, 1.82) is 0 Å². The minimum atomic E-state index is -0.294. The first kappa shape index (κ1) is 25.6. The zero-order valence-electron chi connectivity index (χ0n) is 17.3. The fourth-order valence-corrected chi connectivity index (χ4v) is 3.79. The number of aliphatic hydroxyl groups is 1. The van der Waals surface area contributed by atoms with Crippen molar-refractivity contribution in [3.05, 3.63) is 0 Å². The van der Waals surface area contributed by atoms with Crippen LogP contribution in [0.1, 0.15) is 90.4 Å². The van der Waals surface area contributed by atoms with Gasteiger partial charge >= 0.3 is 0 Å². The van der Waals surface area contributed by atoms with E-state index >= 15 is 0 Å². The molecule has 25 heavy (non-hydrogen) atoms. The van der Waals surface area contributed by atoms with E-state index in [1.54, 1.807) is 0 Å². The molecule has 1 N–H and O–H groups in total. The lowest BCUT2D eigenvalue weighted by molar-refractivity contribution is -0.897. The summed E-state index contributed by atoms with van der Waals surface area (Å²) in [6.45, 7) is 2.98. The quantitative estimate of drug-likeness (QED) is 0.239. The second-order valence-electron chi connectivity index (χ2n) is 8.72. The topological polar surface area (TPSA) is 29.5 Å². The van der Waals surface area contributed by atoms with E-state index in [9.17, 15) is 5.11 Å². The molecule has 4 heteroatoms. The molecule has 0 aromatic carbocycles. The molecule has 0 aromatic rings. The Morgan fingerprint density at radius 3 is 1.64 bits per heavy atom. The lowest BCUT2D eigenvalue weighted by Gasteiger charge is -2.32. The standard InChI is InChI=1S/C21H44NO2.HI/c1-5-6-7-8-9-10-11-12-13-14-15-16-17-20-21(23)19(18-24-20)22(2,3)4;/h19-21,23H,5-18H2,1-4H3;1H/q+1;/p-1/t19-,20+,21-;/m0./s1. The average Bonchev–Trinajstić information content (AvgIpc) is 2.89. The lowest BCUT2D eigenvalue weighted by atomic mass is 10.0. The van der Waals surface area contributed by atoms with Crippen molar-refractivity contribution >= 4 is 0 Å². The van der Waals surface area contributed by atoms with Crippen LogP contribution in [-0.2, 0) is 4.74 Å². The summed E-state index contributed by atoms with van der Waals surface area (Å²) < 4.78 is 6.63. The molecule has 0 radical (unpaired) electrons. The van der Waals surface area contributed by atoms with Gasteiger partial charge in [-0.2, -0.15) is 0 Å². The summed E-state index contributed by atoms with van der Waals surface area (Å²) in [5.74, 6) is 0. The van der Waals surface area contributed by atoms with Gasteiger partial charge in [0.2, 0.25) is 0 Å². The number of quaternary nitrogens is 1. The van der Waals surface area contributed by atoms with Crippen molar-refractivity contribution in [2.45, 2.75) is 109 Å². The monoisotopic (exact) mass is 469 g/mol. The number of hydrogen-bond acceptors (Lipinski definition) is 2. The third kappa shape index (κ3) is 11.1. The molecule has 1 aliphatic heterocycles. The highest BCUT2D eigenvalue weighted by molar-refractivity contribution is 4.84. The normalized spacial score (nSPS) is 23.6. The molecule has 0 aromatic heterocycles. The second-order valence-corrected chi connectivity index (χ2v) is 8.72. The third-order valence-corrected chi connectivity index (χ3v) is 5.59. The Hall–Kier alpha value is 0.610. The fraction of sp³-hybridized carbons (Fsp3) is 1.00. The van der Waals surface area contributed by atoms with E-state index in [0.717, 1.165) is 10.9 Å². The van der Waals surface area contributed by atoms with Crippen molar-refractivity contribution in [3.63, 3.8) is 0 Å². The van der Waals surface area contributed by atoms with Crippen LogP contribution in [0.4, 0.5) is 0 Å². The Bertz CT molecular complexity index is 307. The van der Waals surface area contributed by atoms with Gasteiger partial charge in [-0.15, -0.1) is 0 Å². The minimum absolute atomic E-state index is 0. The van der Waals surface area contributed by atoms with Gasteiger partial charge in [0, 0.05) is 0 Å². The van der Waals surface area contributed by atoms with Crippen LogP contribution in [0.2, 0.25) is 0 Å². The van der Waals surface area contributed by atoms with Gasteiger partial charge in [0.05, 0.1) is 27.2 Å². The van der Waals surface area contributed by atoms with Crippen LogP contribution in [0.5, 0.6) is 0 Å². The molecule has 0 saturated carbocycles. The highest BCUT2D eigenvalue weighted by atomic mass is 127. The Labute approximate surface area is 174 Å². The highest BCUT2D eigenvalue weighted by Crippen LogP contribution is 2.25. The van der Waals surface area contributed by atoms with Gasteiger partial charge < -0.3 is 38.3 Å². The number of ether oxygens (including phenoxy) is 1. The van der Waals surface area contributed by atoms with Crippen molar-refractivity contribution in [1.82, 2.24) is 0 Å². The maximum atomic E-state index is 10.4. The highest BCUT2D eigenvalue weighted by Gasteiger charge is 2.43. The molecule has 0 aliphatic carbocycles. The van der Waals surface area contributed by atoms with Gasteiger partial charge in [0.15, 0.2) is 0 Å². The summed E-state index contributed by atoms with van der Waals surface area (Å²) in [4.78, 5) is 0. The summed E-state index contributed by atoms with van der Waals surface area (Å²) in [7, 11) is 6.43. The largest absolute Gasteiger partial charge is 1.00 e. The van der Waals surface area contributed by atoms with Crippen LogP contribution in [-0.4, -0.2) is 55.6 Å². The summed E-state index contributed by atoms with van der Waals surface area (Å²) >= 11 is 0. The van der Waals surface area contributed by atoms with E-state index in [1.807, 2.05) is 0 Å². The van der Waals surface area contributed by atoms with Crippen LogP contribution >= 0.6 is 0 Å². The van der Waals surface area contributed by atoms with Crippen LogP contribution in [0.25, 0.3) is 0 Å². The molecule has 0 unspecified atom stereocenters. The van der Waals surface area contributed by atoms with Crippen molar-refractivity contribution in [2.75, 3.05) is 27.7 Å². The van der Waals surface area contributed by atoms with Gasteiger partial charge in [0.1, 0.15) is 18.8 Å². The number of unbranched alkanes of at least 4 members (excludes halogenated alkanes) is 11. The summed E-state index contributed by atoms with van der Waals surface area (Å²) in [6, 6.07) is 0.229. The summed E-state index contributed by atoms with van der Waals surface area (Å²) in [5.41, 5.74) is 0. The van der Waals surface area contributed by atoms with Crippen LogP contribution in [0.15, 0.2) is 0 Å². The second kappa shape index (κ2) is 14.6. The SMILES string of the molecule is CCCCCCCCCCCCCC[C@H]1OC[C@H]([N+](C)(C)C)[C@@H]1O.[I-]. The first-order chi connectivity index (χ1) is 11.5. The Morgan fingerprint density at radius 1 is 0.800 bits per heavy atom. The zero-order chi connectivity index (χ0) is 17.8. The third-order valence-electron chi connectivity index (χ3n) is 5.59. The van der Waals surface area contributed by atoms with E-state index in [2.05, 4.69) is 28.1 Å². The summed E-state index contributed by atoms with van der Waals surface area (Å²) in [6.07, 6.45) is 17.3. The number of aliphatic hydroxyl groups excluding tert-OH is 1. The first-order valence-corrected chi connectivity index (χ1v) is 10.6. The molecular weight excluding hydrogens is 425 g/mol. The molecule has 3 atom stereocenters. The molecular formula is C21H44INO2. The molecule has 0 spiro atoms. The Kier molecular flexibility index (Phi) is 15.0. The Morgan fingerprint density at radius 2 is 1.24 bits per heavy atom. The van der Waals surface area contributed by atoms with Gasteiger partial charge in [-0.25, -0.2) is 0 Å². The minimum Gasteiger partial charge on any atom is -1.00 e. The van der Waals surface area contributed by atoms with Crippen molar-refractivity contribution in [3.8, 4) is 0 Å². The maximum absolute atomic E-state index is 10.4. The molecule has 3 nitrogen and oxygen atoms in total. The number of rotatable bonds is 14. The molecule has 0 amide bonds. The predicted molar refractivity (Wildman–Crippen MR) is 103 cm³/mol. The number of nitrogens with zero attached hydrogens (tertiary/aromatic N) is 1. The van der Waals surface area contributed by atoms with Crippen LogP contribution in [0, 0.1) is 0 Å². The number of halogens is 1. The smallest absolute Gasteiger partial charge is 0.141 e. The van der Waals surface area contributed by atoms with Crippen LogP contribution < -0.4 is 24.0 Å². The van der Waals surface area contributed by atoms with Crippen LogP contribution in [0.3, 0.4) is 0 Å². The average molecular weight is 469 g/mol. The fourth-order valence-electron chi connectivity index (χ4n) is 3.79. The van der Waals surface area contributed by atoms with Gasteiger partial charge in [0.25, 0.3) is 0 Å². The van der Waals surface area contributed by atoms with E-state index in [4.69, 9.17) is 4.74 Å². The lowest BCUT2D eigenvalue weighted by Crippen LogP contribution is -3.00. The molecule has 1 fully saturated rings. The van der Waals surface area contributed by atoms with Gasteiger partial charge in [-0.05, 0) is 6.42 Å². The molecule has 0 bridgehead atoms. The molecule has 152 valence electrons. The first-order valence-electron chi connectivity index (χ1n) is 10.6. The number of hydrogen-bond donors (Lipinski definition) is 1. The van der Waals surface area contributed by atoms with Gasteiger partial charge in [-0.3, -0.25) is 0 Å². The van der Waals surface area contributed by atoms with Crippen molar-refractivity contribution in [2.24, 2.45) is 0 Å². The molecule has 1 aliphatic rings. The predicted octanol–water partition coefficient (Wildman–Crippen LogP) is 1.92. The summed E-state index contributed by atoms with van der Waals surface area (Å²) in [5, 5.41) is 10.4. The zero-order valence-corrected chi connectivity index (χ0v) is 19.5. The van der Waals surface area contributed by atoms with E-state index in [-0.39, 0.29) is 42.2 Å². The molecule has 1 saturated heterocycles. The van der Waals surface area contributed by atoms with E-state index in [1.165, 1.54) is 77.0 Å². The van der Waals surface area contributed by atoms with E-state index in [0.29, 0.717) is 6.61 Å². The maximum Gasteiger partial charge on any atom is 0.141 e. The van der Waals surface area contributed by atoms with Crippen molar-refractivity contribution < 1.29 is 38.3 Å². The molecule has 1 heterocycles. The Balaban J connectivity index is 0.00000576. The van der Waals surface area contributed by atoms with Gasteiger partial charge in [-0.1, -0.05) is 84.0 Å². The number of likely N-dealkylation sites (N-methyl/N-ethyl adjacent to an activating group) is 1. The van der Waals surface area contributed by atoms with E-state index < -0.39 is 0 Å². The molecule has 1 rings (SSSR count).